The molecule has 15 heteroatoms. The predicted molar refractivity (Wildman–Crippen MR) is 174 cm³/mol. The lowest BCUT2D eigenvalue weighted by Crippen LogP contribution is -2.59. The van der Waals surface area contributed by atoms with Crippen LogP contribution in [0.5, 0.6) is 0 Å². The number of hydrogen-bond donors (Lipinski definition) is 4. The Bertz CT molecular complexity index is 950. The largest absolute Gasteiger partial charge is 0.463 e. The third kappa shape index (κ3) is 20.0. The van der Waals surface area contributed by atoms with Crippen LogP contribution in [-0.4, -0.2) is 134 Å². The molecule has 15 nitrogen and oxygen atoms in total. The Labute approximate surface area is 278 Å². The van der Waals surface area contributed by atoms with Crippen molar-refractivity contribution in [1.29, 1.82) is 0 Å². The standard InChI is InChI=1S/C32H56N4O11/c1-6-13-46-32(40)36-27-22-25(31(39)45-8-3)23-28(30(27)35-24(4)37)47-26(7-2)9-11-34-29(38)10-14-41-16-18-43-20-21-44-19-17-42-15-12-33-5/h6,23,26-28,30,33H,1,7-22H2,2-5H3,(H,34,38)(H,35,37)(H,36,40)/t26-,27-,28+,30+/m0/s1. The van der Waals surface area contributed by atoms with Crippen LogP contribution in [-0.2, 0) is 47.5 Å². The number of ether oxygens (including phenoxy) is 7. The van der Waals surface area contributed by atoms with E-state index in [-0.39, 0.29) is 50.6 Å². The van der Waals surface area contributed by atoms with E-state index < -0.39 is 30.3 Å². The third-order valence-corrected chi connectivity index (χ3v) is 6.82. The third-order valence-electron chi connectivity index (χ3n) is 6.82. The highest BCUT2D eigenvalue weighted by Crippen LogP contribution is 2.25. The van der Waals surface area contributed by atoms with Crippen molar-refractivity contribution in [2.24, 2.45) is 0 Å². The maximum absolute atomic E-state index is 12.7. The van der Waals surface area contributed by atoms with E-state index in [4.69, 9.17) is 33.2 Å². The Balaban J connectivity index is 2.50. The lowest BCUT2D eigenvalue weighted by atomic mass is 9.87. The Kier molecular flexibility index (Phi) is 24.0. The molecule has 0 aliphatic heterocycles. The van der Waals surface area contributed by atoms with Crippen LogP contribution in [0.4, 0.5) is 4.79 Å². The fourth-order valence-corrected chi connectivity index (χ4v) is 4.50. The molecular weight excluding hydrogens is 616 g/mol. The van der Waals surface area contributed by atoms with E-state index in [1.807, 2.05) is 14.0 Å². The number of likely N-dealkylation sites (N-methyl/N-ethyl adjacent to an activating group) is 1. The van der Waals surface area contributed by atoms with Gasteiger partial charge in [0.15, 0.2) is 0 Å². The van der Waals surface area contributed by atoms with E-state index in [1.165, 1.54) is 13.0 Å². The second-order valence-electron chi connectivity index (χ2n) is 10.6. The van der Waals surface area contributed by atoms with Crippen molar-refractivity contribution < 1.29 is 52.3 Å². The van der Waals surface area contributed by atoms with Crippen molar-refractivity contribution >= 4 is 23.9 Å². The number of carbonyl (C=O) groups is 4. The molecule has 0 fully saturated rings. The van der Waals surface area contributed by atoms with Gasteiger partial charge in [-0.3, -0.25) is 9.59 Å². The summed E-state index contributed by atoms with van der Waals surface area (Å²) in [6.45, 7) is 13.5. The monoisotopic (exact) mass is 672 g/mol. The van der Waals surface area contributed by atoms with Crippen LogP contribution in [0.3, 0.4) is 0 Å². The van der Waals surface area contributed by atoms with E-state index in [2.05, 4.69) is 27.8 Å². The predicted octanol–water partition coefficient (Wildman–Crippen LogP) is 1.01. The molecule has 270 valence electrons. The summed E-state index contributed by atoms with van der Waals surface area (Å²) in [5, 5.41) is 11.4. The average molecular weight is 673 g/mol. The number of amides is 3. The van der Waals surface area contributed by atoms with Crippen LogP contribution in [0.15, 0.2) is 24.3 Å². The molecule has 3 amide bonds. The molecule has 0 unspecified atom stereocenters. The number of rotatable bonds is 27. The summed E-state index contributed by atoms with van der Waals surface area (Å²) in [6.07, 6.45) is 2.63. The molecule has 1 aliphatic rings. The average Bonchev–Trinajstić information content (AvgIpc) is 3.04. The molecule has 4 N–H and O–H groups in total. The Morgan fingerprint density at radius 2 is 1.55 bits per heavy atom. The fourth-order valence-electron chi connectivity index (χ4n) is 4.50. The number of hydrogen-bond acceptors (Lipinski definition) is 12. The van der Waals surface area contributed by atoms with Gasteiger partial charge >= 0.3 is 12.1 Å². The zero-order valence-electron chi connectivity index (χ0n) is 28.5. The molecule has 0 radical (unpaired) electrons. The van der Waals surface area contributed by atoms with Gasteiger partial charge in [0.25, 0.3) is 0 Å². The van der Waals surface area contributed by atoms with Gasteiger partial charge in [-0.25, -0.2) is 9.59 Å². The summed E-state index contributed by atoms with van der Waals surface area (Å²) < 4.78 is 38.3. The normalized spacial score (nSPS) is 18.0. The van der Waals surface area contributed by atoms with Crippen molar-refractivity contribution in [2.45, 2.75) is 70.7 Å². The van der Waals surface area contributed by atoms with Crippen molar-refractivity contribution in [3.8, 4) is 0 Å². The van der Waals surface area contributed by atoms with Gasteiger partial charge in [-0.05, 0) is 32.9 Å². The zero-order valence-corrected chi connectivity index (χ0v) is 28.5. The topological polar surface area (TPSA) is 181 Å². The second kappa shape index (κ2) is 26.9. The van der Waals surface area contributed by atoms with E-state index in [0.29, 0.717) is 71.2 Å². The number of esters is 1. The van der Waals surface area contributed by atoms with Crippen LogP contribution in [0.1, 0.15) is 46.5 Å². The molecule has 47 heavy (non-hydrogen) atoms. The molecule has 0 bridgehead atoms. The van der Waals surface area contributed by atoms with Crippen LogP contribution < -0.4 is 21.3 Å². The lowest BCUT2D eigenvalue weighted by Gasteiger charge is -2.38. The molecule has 0 aromatic heterocycles. The second-order valence-corrected chi connectivity index (χ2v) is 10.6. The minimum absolute atomic E-state index is 0.00124. The van der Waals surface area contributed by atoms with Crippen molar-refractivity contribution in [3.63, 3.8) is 0 Å². The van der Waals surface area contributed by atoms with Gasteiger partial charge in [0.05, 0.1) is 83.8 Å². The molecule has 1 aliphatic carbocycles. The molecular formula is C32H56N4O11. The maximum atomic E-state index is 12.7. The van der Waals surface area contributed by atoms with E-state index >= 15 is 0 Å². The van der Waals surface area contributed by atoms with Gasteiger partial charge in [-0.15, -0.1) is 0 Å². The summed E-state index contributed by atoms with van der Waals surface area (Å²) in [4.78, 5) is 49.5. The van der Waals surface area contributed by atoms with Crippen LogP contribution >= 0.6 is 0 Å². The molecule has 0 heterocycles. The van der Waals surface area contributed by atoms with Crippen LogP contribution in [0.25, 0.3) is 0 Å². The van der Waals surface area contributed by atoms with E-state index in [0.717, 1.165) is 6.54 Å². The Morgan fingerprint density at radius 3 is 2.13 bits per heavy atom. The SMILES string of the molecule is C=CCOC(=O)N[C@H]1CC(C(=O)OCC)=C[C@@H](O[C@@H](CC)CCNC(=O)CCOCCOCCOCCOCCNC)[C@@H]1NC(C)=O. The summed E-state index contributed by atoms with van der Waals surface area (Å²) in [6, 6.07) is -1.40. The molecule has 1 rings (SSSR count). The Hall–Kier alpha value is -3.08. The summed E-state index contributed by atoms with van der Waals surface area (Å²) in [7, 11) is 1.87. The van der Waals surface area contributed by atoms with Gasteiger partial charge in [-0.1, -0.05) is 19.6 Å². The highest BCUT2D eigenvalue weighted by atomic mass is 16.6. The zero-order chi connectivity index (χ0) is 34.7. The quantitative estimate of drug-likeness (QED) is 0.0554. The molecule has 0 saturated heterocycles. The summed E-state index contributed by atoms with van der Waals surface area (Å²) in [5.41, 5.74) is 0.316. The van der Waals surface area contributed by atoms with Crippen molar-refractivity contribution in [2.75, 3.05) is 86.2 Å². The lowest BCUT2D eigenvalue weighted by molar-refractivity contribution is -0.139. The molecule has 0 saturated carbocycles. The highest BCUT2D eigenvalue weighted by molar-refractivity contribution is 5.89. The van der Waals surface area contributed by atoms with Gasteiger partial charge in [0, 0.05) is 38.4 Å². The van der Waals surface area contributed by atoms with E-state index in [1.54, 1.807) is 13.0 Å². The molecule has 0 aromatic carbocycles. The maximum Gasteiger partial charge on any atom is 0.407 e. The first-order valence-corrected chi connectivity index (χ1v) is 16.3. The number of carbonyl (C=O) groups excluding carboxylic acids is 4. The van der Waals surface area contributed by atoms with E-state index in [9.17, 15) is 19.2 Å². The molecule has 0 spiro atoms. The first-order valence-electron chi connectivity index (χ1n) is 16.3. The minimum atomic E-state index is -0.762. The van der Waals surface area contributed by atoms with Gasteiger partial charge < -0.3 is 54.4 Å². The number of alkyl carbamates (subject to hydrolysis) is 1. The summed E-state index contributed by atoms with van der Waals surface area (Å²) in [5.74, 6) is -1.02. The molecule has 4 atom stereocenters. The molecule has 0 aromatic rings. The minimum Gasteiger partial charge on any atom is -0.463 e. The van der Waals surface area contributed by atoms with Crippen molar-refractivity contribution in [1.82, 2.24) is 21.3 Å². The number of nitrogens with one attached hydrogen (secondary N) is 4. The first kappa shape index (κ1) is 41.9. The van der Waals surface area contributed by atoms with Gasteiger partial charge in [-0.2, -0.15) is 0 Å². The van der Waals surface area contributed by atoms with Crippen LogP contribution in [0, 0.1) is 0 Å². The smallest absolute Gasteiger partial charge is 0.407 e. The van der Waals surface area contributed by atoms with Gasteiger partial charge in [0.2, 0.25) is 11.8 Å². The van der Waals surface area contributed by atoms with Crippen LogP contribution in [0.2, 0.25) is 0 Å². The van der Waals surface area contributed by atoms with Crippen molar-refractivity contribution in [3.05, 3.63) is 24.3 Å². The first-order chi connectivity index (χ1) is 22.7. The Morgan fingerprint density at radius 1 is 0.915 bits per heavy atom. The fraction of sp³-hybridized carbons (Fsp3) is 0.750. The van der Waals surface area contributed by atoms with Gasteiger partial charge in [0.1, 0.15) is 6.61 Å². The summed E-state index contributed by atoms with van der Waals surface area (Å²) >= 11 is 0. The highest BCUT2D eigenvalue weighted by Gasteiger charge is 2.39.